The van der Waals surface area contributed by atoms with Crippen LogP contribution < -0.4 is 25.4 Å². The molecule has 1 atom stereocenters. The standard InChI is InChI=1S/C32H35N5O6.3ClH/c1-23-19-32(43-31-15-8-28(9-16-31)37(40)41)12-5-26(23)22-34-20-24(2)35-18-17-33-21-25-3-10-29(11-4-25)42-30-13-6-27(7-14-30)36(38)39;;;/h3-16,19,24,33-35H,17-18,20-22H2,1-2H3;3*1H. The van der Waals surface area contributed by atoms with E-state index in [-0.39, 0.29) is 48.6 Å². The molecule has 4 aromatic rings. The van der Waals surface area contributed by atoms with Crippen LogP contribution in [0.25, 0.3) is 0 Å². The number of rotatable bonds is 16. The first-order valence-corrected chi connectivity index (χ1v) is 13.9. The van der Waals surface area contributed by atoms with Crippen LogP contribution in [0.5, 0.6) is 23.0 Å². The van der Waals surface area contributed by atoms with Crippen LogP contribution in [0, 0.1) is 27.2 Å². The number of nitrogens with one attached hydrogen (secondary N) is 3. The molecular weight excluding hydrogens is 657 g/mol. The van der Waals surface area contributed by atoms with Crippen LogP contribution in [-0.2, 0) is 13.1 Å². The Morgan fingerprint density at radius 2 is 1.13 bits per heavy atom. The summed E-state index contributed by atoms with van der Waals surface area (Å²) in [5, 5.41) is 32.0. The third-order valence-corrected chi connectivity index (χ3v) is 6.69. The van der Waals surface area contributed by atoms with E-state index in [1.807, 2.05) is 49.4 Å². The highest BCUT2D eigenvalue weighted by Gasteiger charge is 2.08. The number of nitro benzene ring substituents is 2. The quantitative estimate of drug-likeness (QED) is 0.0617. The van der Waals surface area contributed by atoms with E-state index < -0.39 is 9.85 Å². The van der Waals surface area contributed by atoms with E-state index in [4.69, 9.17) is 9.47 Å². The molecule has 14 heteroatoms. The van der Waals surface area contributed by atoms with Gasteiger partial charge in [-0.1, -0.05) is 18.2 Å². The van der Waals surface area contributed by atoms with E-state index in [9.17, 15) is 20.2 Å². The Labute approximate surface area is 286 Å². The second-order valence-corrected chi connectivity index (χ2v) is 10.1. The molecule has 0 amide bonds. The van der Waals surface area contributed by atoms with Crippen molar-refractivity contribution >= 4 is 48.6 Å². The summed E-state index contributed by atoms with van der Waals surface area (Å²) in [6.45, 7) is 8.11. The van der Waals surface area contributed by atoms with Crippen LogP contribution >= 0.6 is 37.2 Å². The summed E-state index contributed by atoms with van der Waals surface area (Å²) in [5.74, 6) is 2.45. The molecule has 46 heavy (non-hydrogen) atoms. The minimum absolute atomic E-state index is 0. The van der Waals surface area contributed by atoms with Crippen LogP contribution in [0.1, 0.15) is 23.6 Å². The molecule has 0 aromatic heterocycles. The van der Waals surface area contributed by atoms with E-state index >= 15 is 0 Å². The molecule has 4 rings (SSSR count). The number of hydrogen-bond donors (Lipinski definition) is 3. The Bertz CT molecular complexity index is 1510. The van der Waals surface area contributed by atoms with Crippen molar-refractivity contribution in [2.45, 2.75) is 33.0 Å². The maximum atomic E-state index is 10.8. The van der Waals surface area contributed by atoms with Gasteiger partial charge in [0.15, 0.2) is 0 Å². The van der Waals surface area contributed by atoms with E-state index in [0.717, 1.165) is 43.9 Å². The number of nitro groups is 2. The highest BCUT2D eigenvalue weighted by molar-refractivity contribution is 5.86. The first kappa shape index (κ1) is 40.1. The van der Waals surface area contributed by atoms with Crippen molar-refractivity contribution in [3.63, 3.8) is 0 Å². The largest absolute Gasteiger partial charge is 0.457 e. The van der Waals surface area contributed by atoms with Crippen LogP contribution in [0.15, 0.2) is 91.0 Å². The fourth-order valence-corrected chi connectivity index (χ4v) is 4.28. The highest BCUT2D eigenvalue weighted by Crippen LogP contribution is 2.26. The minimum Gasteiger partial charge on any atom is -0.457 e. The number of non-ortho nitro benzene ring substituents is 2. The highest BCUT2D eigenvalue weighted by atomic mass is 35.5. The van der Waals surface area contributed by atoms with Gasteiger partial charge in [-0.3, -0.25) is 20.2 Å². The molecule has 0 aliphatic carbocycles. The van der Waals surface area contributed by atoms with Crippen molar-refractivity contribution in [3.8, 4) is 23.0 Å². The molecule has 11 nitrogen and oxygen atoms in total. The smallest absolute Gasteiger partial charge is 0.269 e. The second kappa shape index (κ2) is 20.2. The molecule has 0 aliphatic heterocycles. The van der Waals surface area contributed by atoms with E-state index in [1.54, 1.807) is 24.3 Å². The van der Waals surface area contributed by atoms with Gasteiger partial charge in [-0.25, -0.2) is 0 Å². The number of ether oxygens (including phenoxy) is 2. The Balaban J connectivity index is 0.00000353. The zero-order valence-corrected chi connectivity index (χ0v) is 27.8. The molecule has 0 bridgehead atoms. The first-order chi connectivity index (χ1) is 20.8. The second-order valence-electron chi connectivity index (χ2n) is 10.1. The summed E-state index contributed by atoms with van der Waals surface area (Å²) in [6.07, 6.45) is 0. The summed E-state index contributed by atoms with van der Waals surface area (Å²) >= 11 is 0. The molecule has 3 N–H and O–H groups in total. The molecule has 0 radical (unpaired) electrons. The summed E-state index contributed by atoms with van der Waals surface area (Å²) in [4.78, 5) is 20.7. The SMILES string of the molecule is Cc1cc(Oc2ccc([N+](=O)[O-])cc2)ccc1CNCC(C)NCCNCc1ccc(Oc2ccc([N+](=O)[O-])cc2)cc1.Cl.Cl.Cl. The molecule has 0 saturated heterocycles. The third kappa shape index (κ3) is 12.8. The van der Waals surface area contributed by atoms with Crippen molar-refractivity contribution in [1.29, 1.82) is 0 Å². The Morgan fingerprint density at radius 3 is 1.63 bits per heavy atom. The van der Waals surface area contributed by atoms with Gasteiger partial charge >= 0.3 is 0 Å². The average molecular weight is 695 g/mol. The summed E-state index contributed by atoms with van der Waals surface area (Å²) < 4.78 is 11.6. The molecule has 0 fully saturated rings. The topological polar surface area (TPSA) is 141 Å². The lowest BCUT2D eigenvalue weighted by atomic mass is 10.1. The number of nitrogens with zero attached hydrogens (tertiary/aromatic N) is 2. The number of aryl methyl sites for hydroxylation is 1. The molecule has 248 valence electrons. The normalized spacial score (nSPS) is 10.8. The van der Waals surface area contributed by atoms with Crippen LogP contribution in [0.3, 0.4) is 0 Å². The summed E-state index contributed by atoms with van der Waals surface area (Å²) in [7, 11) is 0. The fraction of sp³-hybridized carbons (Fsp3) is 0.250. The fourth-order valence-electron chi connectivity index (χ4n) is 4.28. The van der Waals surface area contributed by atoms with Gasteiger partial charge in [0.1, 0.15) is 23.0 Å². The van der Waals surface area contributed by atoms with Crippen molar-refractivity contribution in [2.75, 3.05) is 19.6 Å². The first-order valence-electron chi connectivity index (χ1n) is 13.9. The van der Waals surface area contributed by atoms with E-state index in [1.165, 1.54) is 29.8 Å². The molecule has 0 spiro atoms. The van der Waals surface area contributed by atoms with Crippen LogP contribution in [0.4, 0.5) is 11.4 Å². The number of halogens is 3. The number of benzene rings is 4. The van der Waals surface area contributed by atoms with Gasteiger partial charge in [-0.15, -0.1) is 37.2 Å². The van der Waals surface area contributed by atoms with Gasteiger partial charge in [-0.2, -0.15) is 0 Å². The average Bonchev–Trinajstić information content (AvgIpc) is 2.99. The molecular formula is C32H38Cl3N5O6. The lowest BCUT2D eigenvalue weighted by Crippen LogP contribution is -2.39. The lowest BCUT2D eigenvalue weighted by Gasteiger charge is -2.16. The molecule has 4 aromatic carbocycles. The molecule has 0 heterocycles. The van der Waals surface area contributed by atoms with Crippen molar-refractivity contribution in [1.82, 2.24) is 16.0 Å². The zero-order valence-electron chi connectivity index (χ0n) is 25.3. The zero-order chi connectivity index (χ0) is 30.6. The van der Waals surface area contributed by atoms with Crippen molar-refractivity contribution in [3.05, 3.63) is 128 Å². The minimum atomic E-state index is -0.437. The molecule has 0 aliphatic rings. The van der Waals surface area contributed by atoms with Gasteiger partial charge in [0, 0.05) is 63.0 Å². The van der Waals surface area contributed by atoms with Crippen molar-refractivity contribution < 1.29 is 19.3 Å². The Morgan fingerprint density at radius 1 is 0.652 bits per heavy atom. The van der Waals surface area contributed by atoms with Gasteiger partial charge in [0.05, 0.1) is 9.85 Å². The monoisotopic (exact) mass is 693 g/mol. The van der Waals surface area contributed by atoms with Gasteiger partial charge in [0.2, 0.25) is 0 Å². The van der Waals surface area contributed by atoms with E-state index in [0.29, 0.717) is 29.0 Å². The van der Waals surface area contributed by atoms with Crippen molar-refractivity contribution in [2.24, 2.45) is 0 Å². The van der Waals surface area contributed by atoms with Crippen LogP contribution in [-0.4, -0.2) is 35.5 Å². The lowest BCUT2D eigenvalue weighted by molar-refractivity contribution is -0.385. The molecule has 0 saturated carbocycles. The maximum absolute atomic E-state index is 10.8. The van der Waals surface area contributed by atoms with E-state index in [2.05, 4.69) is 22.9 Å². The van der Waals surface area contributed by atoms with Crippen LogP contribution in [0.2, 0.25) is 0 Å². The Hall–Kier alpha value is -3.97. The predicted octanol–water partition coefficient (Wildman–Crippen LogP) is 7.52. The summed E-state index contributed by atoms with van der Waals surface area (Å²) in [6, 6.07) is 26.0. The summed E-state index contributed by atoms with van der Waals surface area (Å²) in [5.41, 5.74) is 3.46. The molecule has 1 unspecified atom stereocenters. The van der Waals surface area contributed by atoms with Gasteiger partial charge in [0.25, 0.3) is 11.4 Å². The predicted molar refractivity (Wildman–Crippen MR) is 187 cm³/mol. The van der Waals surface area contributed by atoms with Gasteiger partial charge < -0.3 is 25.4 Å². The maximum Gasteiger partial charge on any atom is 0.269 e. The third-order valence-electron chi connectivity index (χ3n) is 6.69. The van der Waals surface area contributed by atoms with Gasteiger partial charge in [-0.05, 0) is 79.1 Å². The Kier molecular flexibility index (Phi) is 17.6. The number of hydrogen-bond acceptors (Lipinski definition) is 9.